The highest BCUT2D eigenvalue weighted by molar-refractivity contribution is 5.92. The first-order valence-corrected chi connectivity index (χ1v) is 14.0. The van der Waals surface area contributed by atoms with Crippen LogP contribution in [0.15, 0.2) is 48.5 Å². The van der Waals surface area contributed by atoms with Crippen LogP contribution in [0.1, 0.15) is 56.7 Å². The van der Waals surface area contributed by atoms with Gasteiger partial charge in [-0.3, -0.25) is 9.59 Å². The Kier molecular flexibility index (Phi) is 6.34. The lowest BCUT2D eigenvalue weighted by Crippen LogP contribution is -2.68. The van der Waals surface area contributed by atoms with Crippen molar-refractivity contribution in [3.8, 4) is 11.5 Å². The Labute approximate surface area is 225 Å². The number of hydrogen-bond acceptors (Lipinski definition) is 5. The van der Waals surface area contributed by atoms with Crippen molar-refractivity contribution in [3.05, 3.63) is 65.2 Å². The molecule has 0 unspecified atom stereocenters. The van der Waals surface area contributed by atoms with E-state index in [9.17, 15) is 9.59 Å². The van der Waals surface area contributed by atoms with Gasteiger partial charge in [0.05, 0.1) is 6.04 Å². The summed E-state index contributed by atoms with van der Waals surface area (Å²) in [4.78, 5) is 30.3. The molecule has 1 amide bonds. The van der Waals surface area contributed by atoms with Crippen molar-refractivity contribution >= 4 is 18.0 Å². The second kappa shape index (κ2) is 9.57. The molecule has 200 valence electrons. The minimum atomic E-state index is -0.296. The number of likely N-dealkylation sites (tertiary alicyclic amines) is 1. The van der Waals surface area contributed by atoms with E-state index in [2.05, 4.69) is 30.7 Å². The monoisotopic (exact) mass is 514 g/mol. The van der Waals surface area contributed by atoms with Gasteiger partial charge in [-0.05, 0) is 74.9 Å². The number of hydrogen-bond donors (Lipinski definition) is 0. The van der Waals surface area contributed by atoms with Crippen LogP contribution in [0, 0.1) is 11.8 Å². The van der Waals surface area contributed by atoms with Crippen molar-refractivity contribution in [2.75, 3.05) is 20.1 Å². The molecule has 1 saturated heterocycles. The number of rotatable bonds is 6. The Bertz CT molecular complexity index is 1270. The Morgan fingerprint density at radius 1 is 1.18 bits per heavy atom. The van der Waals surface area contributed by atoms with Crippen LogP contribution in [0.3, 0.4) is 0 Å². The van der Waals surface area contributed by atoms with Crippen LogP contribution in [0.2, 0.25) is 0 Å². The molecule has 4 aliphatic rings. The number of esters is 1. The lowest BCUT2D eigenvalue weighted by atomic mass is 9.51. The number of ether oxygens (including phenoxy) is 2. The molecular weight excluding hydrogens is 476 g/mol. The predicted molar refractivity (Wildman–Crippen MR) is 147 cm³/mol. The lowest BCUT2D eigenvalue weighted by molar-refractivity contribution is -0.138. The molecule has 0 radical (unpaired) electrons. The lowest BCUT2D eigenvalue weighted by Gasteiger charge is -2.60. The molecular formula is C32H38N2O4. The molecule has 6 heteroatoms. The Morgan fingerprint density at radius 3 is 2.71 bits per heavy atom. The standard InChI is InChI=1S/C32H38N2O4/c1-20(2)19-34(29(36)15-10-22-8-6-5-7-9-22)25-12-11-24-26-18-23-27(37-21(3)35)13-14-28-30(23)32(24,31(25)38-28)16-17-33(26)4/h5-10,13-15,20,24-26,31H,11-12,16-19H2,1-4H3/t24-,25+,26+,31-,32-/m0/s1. The van der Waals surface area contributed by atoms with Gasteiger partial charge in [-0.25, -0.2) is 0 Å². The molecule has 1 saturated carbocycles. The van der Waals surface area contributed by atoms with Crippen LogP contribution >= 0.6 is 0 Å². The van der Waals surface area contributed by atoms with Gasteiger partial charge >= 0.3 is 5.97 Å². The highest BCUT2D eigenvalue weighted by Gasteiger charge is 2.66. The number of nitrogens with zero attached hydrogens (tertiary/aromatic N) is 2. The van der Waals surface area contributed by atoms with Gasteiger partial charge in [0.25, 0.3) is 0 Å². The minimum absolute atomic E-state index is 0.0128. The number of carbonyl (C=O) groups is 2. The van der Waals surface area contributed by atoms with Crippen molar-refractivity contribution < 1.29 is 19.1 Å². The molecule has 2 aromatic rings. The van der Waals surface area contributed by atoms with Crippen LogP contribution < -0.4 is 9.47 Å². The molecule has 2 aromatic carbocycles. The van der Waals surface area contributed by atoms with Gasteiger partial charge in [0.15, 0.2) is 0 Å². The molecule has 2 aliphatic carbocycles. The van der Waals surface area contributed by atoms with Crippen molar-refractivity contribution in [2.24, 2.45) is 11.8 Å². The van der Waals surface area contributed by atoms with Crippen LogP contribution in [0.25, 0.3) is 6.08 Å². The molecule has 6 rings (SSSR count). The van der Waals surface area contributed by atoms with E-state index in [0.29, 0.717) is 30.2 Å². The molecule has 6 nitrogen and oxygen atoms in total. The van der Waals surface area contributed by atoms with Crippen molar-refractivity contribution in [1.29, 1.82) is 0 Å². The van der Waals surface area contributed by atoms with E-state index in [-0.39, 0.29) is 29.4 Å². The molecule has 2 fully saturated rings. The number of piperidine rings is 1. The average Bonchev–Trinajstić information content (AvgIpc) is 3.23. The first-order chi connectivity index (χ1) is 18.3. The second-order valence-electron chi connectivity index (χ2n) is 12.0. The fraction of sp³-hybridized carbons (Fsp3) is 0.500. The highest BCUT2D eigenvalue weighted by Crippen LogP contribution is 2.63. The third-order valence-electron chi connectivity index (χ3n) is 9.28. The third kappa shape index (κ3) is 3.96. The fourth-order valence-corrected chi connectivity index (χ4v) is 7.89. The molecule has 5 atom stereocenters. The summed E-state index contributed by atoms with van der Waals surface area (Å²) in [5.74, 6) is 2.13. The zero-order chi connectivity index (χ0) is 26.6. The van der Waals surface area contributed by atoms with Gasteiger partial charge in [0.1, 0.15) is 17.6 Å². The topological polar surface area (TPSA) is 59.1 Å². The number of amides is 1. The van der Waals surface area contributed by atoms with E-state index in [4.69, 9.17) is 9.47 Å². The van der Waals surface area contributed by atoms with Gasteiger partial charge in [-0.1, -0.05) is 44.2 Å². The average molecular weight is 515 g/mol. The quantitative estimate of drug-likeness (QED) is 0.313. The summed E-state index contributed by atoms with van der Waals surface area (Å²) < 4.78 is 12.6. The van der Waals surface area contributed by atoms with E-state index < -0.39 is 0 Å². The molecule has 2 heterocycles. The number of carbonyl (C=O) groups excluding carboxylic acids is 2. The normalized spacial score (nSPS) is 29.2. The first-order valence-electron chi connectivity index (χ1n) is 14.0. The summed E-state index contributed by atoms with van der Waals surface area (Å²) in [5.41, 5.74) is 3.22. The van der Waals surface area contributed by atoms with Gasteiger partial charge < -0.3 is 19.3 Å². The van der Waals surface area contributed by atoms with Crippen molar-refractivity contribution in [2.45, 2.75) is 70.1 Å². The smallest absolute Gasteiger partial charge is 0.308 e. The van der Waals surface area contributed by atoms with E-state index in [1.807, 2.05) is 48.5 Å². The van der Waals surface area contributed by atoms with Crippen LogP contribution in [0.4, 0.5) is 0 Å². The van der Waals surface area contributed by atoms with Crippen LogP contribution in [0.5, 0.6) is 11.5 Å². The zero-order valence-corrected chi connectivity index (χ0v) is 22.9. The summed E-state index contributed by atoms with van der Waals surface area (Å²) in [6.07, 6.45) is 7.38. The van der Waals surface area contributed by atoms with Gasteiger partial charge in [0.2, 0.25) is 5.91 Å². The van der Waals surface area contributed by atoms with E-state index >= 15 is 0 Å². The molecule has 2 bridgehead atoms. The minimum Gasteiger partial charge on any atom is -0.487 e. The first kappa shape index (κ1) is 25.2. The summed E-state index contributed by atoms with van der Waals surface area (Å²) in [6, 6.07) is 14.2. The van der Waals surface area contributed by atoms with E-state index in [1.54, 1.807) is 6.08 Å². The van der Waals surface area contributed by atoms with Gasteiger partial charge in [0, 0.05) is 42.1 Å². The maximum Gasteiger partial charge on any atom is 0.308 e. The van der Waals surface area contributed by atoms with Crippen molar-refractivity contribution in [1.82, 2.24) is 9.80 Å². The van der Waals surface area contributed by atoms with Crippen molar-refractivity contribution in [3.63, 3.8) is 0 Å². The van der Waals surface area contributed by atoms with Crippen LogP contribution in [-0.2, 0) is 21.4 Å². The largest absolute Gasteiger partial charge is 0.487 e. The second-order valence-corrected chi connectivity index (χ2v) is 12.0. The summed E-state index contributed by atoms with van der Waals surface area (Å²) in [7, 11) is 2.22. The molecule has 2 aliphatic heterocycles. The fourth-order valence-electron chi connectivity index (χ4n) is 7.89. The van der Waals surface area contributed by atoms with E-state index in [1.165, 1.54) is 12.5 Å². The molecule has 0 N–H and O–H groups in total. The Hall–Kier alpha value is -3.12. The van der Waals surface area contributed by atoms with Gasteiger partial charge in [-0.15, -0.1) is 0 Å². The SMILES string of the molecule is CC(=O)Oc1ccc2c3c1C[C@@H]1[C@@H]4CC[C@@H](N(CC(C)C)C(=O)C=Cc5ccccc5)[C@H](O2)[C@]34CCN1C. The third-order valence-corrected chi connectivity index (χ3v) is 9.28. The summed E-state index contributed by atoms with van der Waals surface area (Å²) >= 11 is 0. The summed E-state index contributed by atoms with van der Waals surface area (Å²) in [6.45, 7) is 7.49. The van der Waals surface area contributed by atoms with Crippen LogP contribution in [-0.4, -0.2) is 60.0 Å². The maximum absolute atomic E-state index is 13.8. The Balaban J connectivity index is 1.41. The number of benzene rings is 2. The molecule has 1 spiro atoms. The van der Waals surface area contributed by atoms with Gasteiger partial charge in [-0.2, -0.15) is 0 Å². The molecule has 0 aromatic heterocycles. The highest BCUT2D eigenvalue weighted by atomic mass is 16.5. The molecule has 38 heavy (non-hydrogen) atoms. The maximum atomic E-state index is 13.8. The zero-order valence-electron chi connectivity index (χ0n) is 22.9. The number of likely N-dealkylation sites (N-methyl/N-ethyl adjacent to an activating group) is 1. The Morgan fingerprint density at radius 2 is 1.97 bits per heavy atom. The van der Waals surface area contributed by atoms with E-state index in [0.717, 1.165) is 49.1 Å². The summed E-state index contributed by atoms with van der Waals surface area (Å²) in [5, 5.41) is 0. The predicted octanol–water partition coefficient (Wildman–Crippen LogP) is 4.85.